The smallest absolute Gasteiger partial charge is 0.100 e. The van der Waals surface area contributed by atoms with Crippen LogP contribution >= 0.6 is 0 Å². The SMILES string of the molecule is N#Cc1c(/C=C/O)c(C#N)c(/C=C/O)c(C#N)c1/C=C/O. The lowest BCUT2D eigenvalue weighted by atomic mass is 9.87. The number of rotatable bonds is 3. The number of nitriles is 3. The number of hydrogen-bond acceptors (Lipinski definition) is 6. The first kappa shape index (κ1) is 15.4. The van der Waals surface area contributed by atoms with Crippen LogP contribution in [0.4, 0.5) is 0 Å². The summed E-state index contributed by atoms with van der Waals surface area (Å²) in [6.45, 7) is 0. The maximum absolute atomic E-state index is 9.25. The van der Waals surface area contributed by atoms with Crippen LogP contribution in [0, 0.1) is 34.0 Å². The van der Waals surface area contributed by atoms with E-state index in [1.807, 2.05) is 18.2 Å². The molecular formula is C15H9N3O3. The predicted octanol–water partition coefficient (Wildman–Crippen LogP) is 2.89. The van der Waals surface area contributed by atoms with Crippen molar-refractivity contribution in [3.8, 4) is 18.2 Å². The fraction of sp³-hybridized carbons (Fsp3) is 0. The fourth-order valence-electron chi connectivity index (χ4n) is 1.90. The first-order valence-corrected chi connectivity index (χ1v) is 5.56. The lowest BCUT2D eigenvalue weighted by Crippen LogP contribution is -2.02. The van der Waals surface area contributed by atoms with Gasteiger partial charge in [0, 0.05) is 16.7 Å². The molecule has 0 spiro atoms. The summed E-state index contributed by atoms with van der Waals surface area (Å²) in [6, 6.07) is 5.52. The molecule has 0 radical (unpaired) electrons. The molecule has 1 aromatic rings. The van der Waals surface area contributed by atoms with Crippen molar-refractivity contribution in [1.29, 1.82) is 15.8 Å². The summed E-state index contributed by atoms with van der Waals surface area (Å²) in [5, 5.41) is 54.5. The summed E-state index contributed by atoms with van der Waals surface area (Å²) in [6.07, 6.45) is 5.34. The van der Waals surface area contributed by atoms with Crippen LogP contribution in [0.2, 0.25) is 0 Å². The van der Waals surface area contributed by atoms with Gasteiger partial charge in [-0.3, -0.25) is 0 Å². The molecule has 0 unspecified atom stereocenters. The van der Waals surface area contributed by atoms with Gasteiger partial charge in [0.25, 0.3) is 0 Å². The molecule has 0 saturated heterocycles. The lowest BCUT2D eigenvalue weighted by molar-refractivity contribution is 0.478. The van der Waals surface area contributed by atoms with Gasteiger partial charge >= 0.3 is 0 Å². The van der Waals surface area contributed by atoms with Gasteiger partial charge in [-0.2, -0.15) is 15.8 Å². The van der Waals surface area contributed by atoms with Gasteiger partial charge in [0.2, 0.25) is 0 Å². The van der Waals surface area contributed by atoms with E-state index in [1.54, 1.807) is 0 Å². The number of hydrogen-bond donors (Lipinski definition) is 3. The maximum Gasteiger partial charge on any atom is 0.100 e. The van der Waals surface area contributed by atoms with Crippen molar-refractivity contribution in [2.45, 2.75) is 0 Å². The van der Waals surface area contributed by atoms with E-state index in [0.717, 1.165) is 18.2 Å². The summed E-state index contributed by atoms with van der Waals surface area (Å²) >= 11 is 0. The molecule has 1 rings (SSSR count). The lowest BCUT2D eigenvalue weighted by Gasteiger charge is -2.12. The number of aliphatic hydroxyl groups excluding tert-OH is 3. The van der Waals surface area contributed by atoms with Crippen LogP contribution in [-0.4, -0.2) is 15.3 Å². The molecule has 0 aromatic heterocycles. The average molecular weight is 279 g/mol. The van der Waals surface area contributed by atoms with Crippen LogP contribution in [0.25, 0.3) is 18.2 Å². The first-order valence-electron chi connectivity index (χ1n) is 5.56. The maximum atomic E-state index is 9.25. The minimum Gasteiger partial charge on any atom is -0.516 e. The standard InChI is InChI=1S/C15H9N3O3/c16-7-13-10(1-4-19)14(8-17)12(3-6-21)15(9-18)11(13)2-5-20/h1-6,19-21H/b4-1+,5-2+,6-3+. The Morgan fingerprint density at radius 2 is 0.810 bits per heavy atom. The molecule has 0 saturated carbocycles. The molecule has 0 aliphatic heterocycles. The van der Waals surface area contributed by atoms with Crippen LogP contribution in [0.5, 0.6) is 0 Å². The van der Waals surface area contributed by atoms with Gasteiger partial charge in [-0.25, -0.2) is 0 Å². The Morgan fingerprint density at radius 1 is 0.571 bits per heavy atom. The molecular weight excluding hydrogens is 270 g/mol. The number of nitrogens with zero attached hydrogens (tertiary/aromatic N) is 3. The third-order valence-electron chi connectivity index (χ3n) is 2.68. The Hall–Kier alpha value is -3.69. The molecule has 21 heavy (non-hydrogen) atoms. The van der Waals surface area contributed by atoms with Gasteiger partial charge in [-0.15, -0.1) is 0 Å². The molecule has 3 N–H and O–H groups in total. The van der Waals surface area contributed by atoms with E-state index >= 15 is 0 Å². The minimum absolute atomic E-state index is 0.0474. The van der Waals surface area contributed by atoms with Crippen molar-refractivity contribution < 1.29 is 15.3 Å². The number of benzene rings is 1. The van der Waals surface area contributed by atoms with Crippen LogP contribution < -0.4 is 0 Å². The highest BCUT2D eigenvalue weighted by Crippen LogP contribution is 2.30. The zero-order chi connectivity index (χ0) is 15.8. The molecule has 6 heteroatoms. The van der Waals surface area contributed by atoms with Crippen molar-refractivity contribution in [3.05, 3.63) is 52.2 Å². The van der Waals surface area contributed by atoms with Gasteiger partial charge in [0.05, 0.1) is 35.5 Å². The predicted molar refractivity (Wildman–Crippen MR) is 75.6 cm³/mol. The van der Waals surface area contributed by atoms with E-state index < -0.39 is 0 Å². The molecule has 0 heterocycles. The van der Waals surface area contributed by atoms with E-state index in [4.69, 9.17) is 15.3 Å². The summed E-state index contributed by atoms with van der Waals surface area (Å²) in [5.41, 5.74) is 0.115. The van der Waals surface area contributed by atoms with E-state index in [0.29, 0.717) is 18.8 Å². The third-order valence-corrected chi connectivity index (χ3v) is 2.68. The Kier molecular flexibility index (Phi) is 5.15. The van der Waals surface area contributed by atoms with Crippen molar-refractivity contribution in [2.75, 3.05) is 0 Å². The van der Waals surface area contributed by atoms with E-state index in [9.17, 15) is 15.8 Å². The Bertz CT molecular complexity index is 644. The van der Waals surface area contributed by atoms with Crippen LogP contribution in [0.1, 0.15) is 33.4 Å². The quantitative estimate of drug-likeness (QED) is 0.728. The van der Waals surface area contributed by atoms with Crippen LogP contribution in [-0.2, 0) is 0 Å². The van der Waals surface area contributed by atoms with Crippen LogP contribution in [0.15, 0.2) is 18.8 Å². The highest BCUT2D eigenvalue weighted by atomic mass is 16.2. The van der Waals surface area contributed by atoms with Crippen molar-refractivity contribution in [3.63, 3.8) is 0 Å². The highest BCUT2D eigenvalue weighted by molar-refractivity contribution is 5.82. The summed E-state index contributed by atoms with van der Waals surface area (Å²) in [5.74, 6) is 0. The van der Waals surface area contributed by atoms with Gasteiger partial charge in [-0.05, 0) is 18.2 Å². The molecule has 1 aromatic carbocycles. The second-order valence-corrected chi connectivity index (χ2v) is 3.65. The van der Waals surface area contributed by atoms with Gasteiger partial charge in [0.15, 0.2) is 0 Å². The Labute approximate surface area is 120 Å². The zero-order valence-electron chi connectivity index (χ0n) is 10.6. The molecule has 102 valence electrons. The monoisotopic (exact) mass is 279 g/mol. The van der Waals surface area contributed by atoms with E-state index in [1.165, 1.54) is 0 Å². The molecule has 0 bridgehead atoms. The van der Waals surface area contributed by atoms with Crippen molar-refractivity contribution in [2.24, 2.45) is 0 Å². The first-order chi connectivity index (χ1) is 10.2. The molecule has 0 amide bonds. The summed E-state index contributed by atoms with van der Waals surface area (Å²) < 4.78 is 0. The Morgan fingerprint density at radius 3 is 0.952 bits per heavy atom. The van der Waals surface area contributed by atoms with Crippen molar-refractivity contribution in [1.82, 2.24) is 0 Å². The average Bonchev–Trinajstić information content (AvgIpc) is 2.49. The molecule has 0 atom stereocenters. The van der Waals surface area contributed by atoms with Gasteiger partial charge in [0.1, 0.15) is 18.2 Å². The largest absolute Gasteiger partial charge is 0.516 e. The number of aliphatic hydroxyl groups is 3. The Balaban J connectivity index is 4.14. The van der Waals surface area contributed by atoms with Gasteiger partial charge in [-0.1, -0.05) is 0 Å². The van der Waals surface area contributed by atoms with Gasteiger partial charge < -0.3 is 15.3 Å². The van der Waals surface area contributed by atoms with E-state index in [2.05, 4.69) is 0 Å². The zero-order valence-corrected chi connectivity index (χ0v) is 10.6. The fourth-order valence-corrected chi connectivity index (χ4v) is 1.90. The van der Waals surface area contributed by atoms with Crippen molar-refractivity contribution >= 4 is 18.2 Å². The second kappa shape index (κ2) is 7.04. The normalized spacial score (nSPS) is 10.7. The summed E-state index contributed by atoms with van der Waals surface area (Å²) in [4.78, 5) is 0. The van der Waals surface area contributed by atoms with Crippen LogP contribution in [0.3, 0.4) is 0 Å². The molecule has 0 aliphatic rings. The topological polar surface area (TPSA) is 132 Å². The highest BCUT2D eigenvalue weighted by Gasteiger charge is 2.20. The molecule has 0 aliphatic carbocycles. The second-order valence-electron chi connectivity index (χ2n) is 3.65. The third kappa shape index (κ3) is 2.68. The van der Waals surface area contributed by atoms with E-state index in [-0.39, 0.29) is 33.4 Å². The minimum atomic E-state index is -0.0474. The summed E-state index contributed by atoms with van der Waals surface area (Å²) in [7, 11) is 0. The molecule has 0 fully saturated rings. The molecule has 6 nitrogen and oxygen atoms in total.